The zero-order chi connectivity index (χ0) is 14.9. The van der Waals surface area contributed by atoms with Crippen LogP contribution >= 0.6 is 11.6 Å². The fraction of sp³-hybridized carbons (Fsp3) is 0.357. The highest BCUT2D eigenvalue weighted by Gasteiger charge is 2.41. The van der Waals surface area contributed by atoms with Crippen molar-refractivity contribution in [3.05, 3.63) is 34.9 Å². The molecular formula is C14H15ClN2O3. The van der Waals surface area contributed by atoms with Crippen molar-refractivity contribution < 1.29 is 14.4 Å². The predicted octanol–water partition coefficient (Wildman–Crippen LogP) is 1.56. The first-order chi connectivity index (χ1) is 9.41. The van der Waals surface area contributed by atoms with Crippen LogP contribution in [-0.2, 0) is 9.59 Å². The van der Waals surface area contributed by atoms with E-state index < -0.39 is 11.9 Å². The van der Waals surface area contributed by atoms with Crippen LogP contribution in [0.15, 0.2) is 24.3 Å². The summed E-state index contributed by atoms with van der Waals surface area (Å²) < 4.78 is 0. The minimum absolute atomic E-state index is 0.212. The van der Waals surface area contributed by atoms with Crippen LogP contribution in [0.2, 0.25) is 5.02 Å². The third-order valence-electron chi connectivity index (χ3n) is 3.25. The Bertz CT molecular complexity index is 554. The average molecular weight is 295 g/mol. The van der Waals surface area contributed by atoms with Crippen LogP contribution in [0.1, 0.15) is 23.2 Å². The van der Waals surface area contributed by atoms with Crippen LogP contribution in [0.4, 0.5) is 0 Å². The van der Waals surface area contributed by atoms with Crippen LogP contribution in [0.3, 0.4) is 0 Å². The van der Waals surface area contributed by atoms with Gasteiger partial charge >= 0.3 is 0 Å². The Morgan fingerprint density at radius 3 is 2.40 bits per heavy atom. The number of rotatable bonds is 2. The first kappa shape index (κ1) is 14.5. The molecule has 0 aliphatic carbocycles. The number of carbonyl (C=O) groups is 3. The van der Waals surface area contributed by atoms with Crippen LogP contribution in [0, 0.1) is 0 Å². The summed E-state index contributed by atoms with van der Waals surface area (Å²) in [6.07, 6.45) is 0.582. The van der Waals surface area contributed by atoms with E-state index in [2.05, 4.69) is 0 Å². The molecule has 1 heterocycles. The van der Waals surface area contributed by atoms with Crippen LogP contribution in [0.5, 0.6) is 0 Å². The van der Waals surface area contributed by atoms with Crippen LogP contribution in [-0.4, -0.2) is 47.7 Å². The average Bonchev–Trinajstić information content (AvgIpc) is 2.79. The largest absolute Gasteiger partial charge is 0.347 e. The molecule has 20 heavy (non-hydrogen) atoms. The molecule has 0 bridgehead atoms. The summed E-state index contributed by atoms with van der Waals surface area (Å²) in [7, 11) is 3.21. The molecule has 1 saturated heterocycles. The van der Waals surface area contributed by atoms with Gasteiger partial charge in [-0.1, -0.05) is 11.6 Å². The Labute approximate surface area is 122 Å². The van der Waals surface area contributed by atoms with E-state index in [1.165, 1.54) is 4.90 Å². The zero-order valence-corrected chi connectivity index (χ0v) is 12.1. The third-order valence-corrected chi connectivity index (χ3v) is 3.50. The van der Waals surface area contributed by atoms with E-state index in [9.17, 15) is 14.4 Å². The van der Waals surface area contributed by atoms with Gasteiger partial charge in [-0.3, -0.25) is 19.3 Å². The summed E-state index contributed by atoms with van der Waals surface area (Å²) in [5, 5.41) is 0.509. The van der Waals surface area contributed by atoms with Gasteiger partial charge in [0.2, 0.25) is 11.8 Å². The van der Waals surface area contributed by atoms with Gasteiger partial charge in [0.1, 0.15) is 6.04 Å². The lowest BCUT2D eigenvalue weighted by molar-refractivity contribution is -0.137. The third kappa shape index (κ3) is 2.67. The van der Waals surface area contributed by atoms with Crippen molar-refractivity contribution >= 4 is 29.3 Å². The zero-order valence-electron chi connectivity index (χ0n) is 11.3. The summed E-state index contributed by atoms with van der Waals surface area (Å²) in [6, 6.07) is 5.55. The van der Waals surface area contributed by atoms with Gasteiger partial charge in [-0.2, -0.15) is 0 Å². The van der Waals surface area contributed by atoms with Gasteiger partial charge in [-0.25, -0.2) is 0 Å². The van der Waals surface area contributed by atoms with Crippen molar-refractivity contribution in [2.24, 2.45) is 0 Å². The lowest BCUT2D eigenvalue weighted by Gasteiger charge is -2.24. The van der Waals surface area contributed by atoms with E-state index in [4.69, 9.17) is 11.6 Å². The Morgan fingerprint density at radius 1 is 1.25 bits per heavy atom. The highest BCUT2D eigenvalue weighted by molar-refractivity contribution is 6.30. The number of benzene rings is 1. The number of carbonyl (C=O) groups excluding carboxylic acids is 3. The molecule has 3 amide bonds. The van der Waals surface area contributed by atoms with Crippen molar-refractivity contribution in [3.63, 3.8) is 0 Å². The van der Waals surface area contributed by atoms with Gasteiger partial charge < -0.3 is 4.90 Å². The van der Waals surface area contributed by atoms with E-state index in [-0.39, 0.29) is 18.2 Å². The molecule has 2 rings (SSSR count). The first-order valence-corrected chi connectivity index (χ1v) is 6.62. The first-order valence-electron chi connectivity index (χ1n) is 6.25. The standard InChI is InChI=1S/C14H15ClN2O3/c1-16(2)14(20)11-7-8-12(18)17(11)13(19)9-3-5-10(15)6-4-9/h3-6,11H,7-8H2,1-2H3/t11-/m0/s1. The molecule has 0 N–H and O–H groups in total. The van der Waals surface area contributed by atoms with Gasteiger partial charge in [0, 0.05) is 31.1 Å². The number of halogens is 1. The van der Waals surface area contributed by atoms with Gasteiger partial charge in [-0.05, 0) is 30.7 Å². The summed E-state index contributed by atoms with van der Waals surface area (Å²) >= 11 is 5.77. The van der Waals surface area contributed by atoms with Crippen molar-refractivity contribution in [2.75, 3.05) is 14.1 Å². The highest BCUT2D eigenvalue weighted by atomic mass is 35.5. The molecule has 0 saturated carbocycles. The minimum Gasteiger partial charge on any atom is -0.347 e. The number of likely N-dealkylation sites (tertiary alicyclic amines) is 1. The van der Waals surface area contributed by atoms with E-state index >= 15 is 0 Å². The molecule has 1 atom stereocenters. The number of hydrogen-bond donors (Lipinski definition) is 0. The summed E-state index contributed by atoms with van der Waals surface area (Å²) in [4.78, 5) is 38.8. The van der Waals surface area contributed by atoms with E-state index in [1.54, 1.807) is 38.4 Å². The molecular weight excluding hydrogens is 280 g/mol. The van der Waals surface area contributed by atoms with Crippen molar-refractivity contribution in [3.8, 4) is 0 Å². The van der Waals surface area contributed by atoms with Gasteiger partial charge in [0.15, 0.2) is 0 Å². The van der Waals surface area contributed by atoms with Gasteiger partial charge in [-0.15, -0.1) is 0 Å². The molecule has 1 fully saturated rings. The molecule has 0 unspecified atom stereocenters. The Kier molecular flexibility index (Phi) is 4.09. The SMILES string of the molecule is CN(C)C(=O)[C@@H]1CCC(=O)N1C(=O)c1ccc(Cl)cc1. The molecule has 0 aromatic heterocycles. The lowest BCUT2D eigenvalue weighted by atomic mass is 10.1. The number of likely N-dealkylation sites (N-methyl/N-ethyl adjacent to an activating group) is 1. The number of hydrogen-bond acceptors (Lipinski definition) is 3. The second-order valence-electron chi connectivity index (χ2n) is 4.86. The molecule has 106 valence electrons. The number of nitrogens with zero attached hydrogens (tertiary/aromatic N) is 2. The topological polar surface area (TPSA) is 57.7 Å². The maximum atomic E-state index is 12.4. The van der Waals surface area contributed by atoms with E-state index in [1.807, 2.05) is 0 Å². The van der Waals surface area contributed by atoms with Crippen LogP contribution in [0.25, 0.3) is 0 Å². The second-order valence-corrected chi connectivity index (χ2v) is 5.30. The van der Waals surface area contributed by atoms with Crippen molar-refractivity contribution in [2.45, 2.75) is 18.9 Å². The second kappa shape index (κ2) is 5.63. The highest BCUT2D eigenvalue weighted by Crippen LogP contribution is 2.23. The Balaban J connectivity index is 2.28. The predicted molar refractivity (Wildman–Crippen MR) is 74.3 cm³/mol. The number of amides is 3. The summed E-state index contributed by atoms with van der Waals surface area (Å²) in [5.41, 5.74) is 0.348. The maximum Gasteiger partial charge on any atom is 0.261 e. The molecule has 5 nitrogen and oxygen atoms in total. The molecule has 1 aromatic carbocycles. The normalized spacial score (nSPS) is 18.2. The molecule has 0 radical (unpaired) electrons. The smallest absolute Gasteiger partial charge is 0.261 e. The summed E-state index contributed by atoms with van der Waals surface area (Å²) in [6.45, 7) is 0. The monoisotopic (exact) mass is 294 g/mol. The fourth-order valence-corrected chi connectivity index (χ4v) is 2.33. The minimum atomic E-state index is -0.708. The van der Waals surface area contributed by atoms with Crippen molar-refractivity contribution in [1.82, 2.24) is 9.80 Å². The van der Waals surface area contributed by atoms with E-state index in [0.717, 1.165) is 4.90 Å². The molecule has 1 aromatic rings. The number of imide groups is 1. The van der Waals surface area contributed by atoms with Gasteiger partial charge in [0.05, 0.1) is 0 Å². The fourth-order valence-electron chi connectivity index (χ4n) is 2.20. The maximum absolute atomic E-state index is 12.4. The Morgan fingerprint density at radius 2 is 1.85 bits per heavy atom. The Hall–Kier alpha value is -1.88. The molecule has 6 heteroatoms. The molecule has 1 aliphatic rings. The van der Waals surface area contributed by atoms with Crippen LogP contribution < -0.4 is 0 Å². The lowest BCUT2D eigenvalue weighted by Crippen LogP contribution is -2.47. The van der Waals surface area contributed by atoms with Crippen molar-refractivity contribution in [1.29, 1.82) is 0 Å². The molecule has 1 aliphatic heterocycles. The van der Waals surface area contributed by atoms with E-state index in [0.29, 0.717) is 17.0 Å². The molecule has 0 spiro atoms. The quantitative estimate of drug-likeness (QED) is 0.778. The summed E-state index contributed by atoms with van der Waals surface area (Å²) in [5.74, 6) is -1.01. The van der Waals surface area contributed by atoms with Gasteiger partial charge in [0.25, 0.3) is 5.91 Å².